The minimum absolute atomic E-state index is 0.273. The number of hydrogen-bond donors (Lipinski definition) is 2. The third kappa shape index (κ3) is 7.37. The van der Waals surface area contributed by atoms with Gasteiger partial charge in [0.15, 0.2) is 15.8 Å². The molecule has 2 aromatic rings. The number of aryl methyl sites for hydroxylation is 1. The van der Waals surface area contributed by atoms with Crippen LogP contribution in [0.1, 0.15) is 44.4 Å². The molecule has 0 atom stereocenters. The second kappa shape index (κ2) is 9.98. The Morgan fingerprint density at radius 3 is 2.40 bits per heavy atom. The van der Waals surface area contributed by atoms with E-state index in [-0.39, 0.29) is 5.60 Å². The monoisotopic (exact) mass is 431 g/mol. The van der Waals surface area contributed by atoms with Crippen molar-refractivity contribution in [1.82, 2.24) is 10.6 Å². The number of nitrogens with one attached hydrogen (secondary N) is 2. The number of aliphatic imine (C=N–C) groups is 1. The van der Waals surface area contributed by atoms with Gasteiger partial charge in [0.05, 0.1) is 11.4 Å². The van der Waals surface area contributed by atoms with Crippen LogP contribution in [0.4, 0.5) is 0 Å². The van der Waals surface area contributed by atoms with Crippen LogP contribution in [-0.2, 0) is 22.9 Å². The maximum atomic E-state index is 11.8. The van der Waals surface area contributed by atoms with Gasteiger partial charge in [-0.2, -0.15) is 0 Å². The Hall–Kier alpha value is -2.54. The summed E-state index contributed by atoms with van der Waals surface area (Å²) in [6.07, 6.45) is 1.22. The summed E-state index contributed by atoms with van der Waals surface area (Å²) in [5.41, 5.74) is 2.46. The highest BCUT2D eigenvalue weighted by atomic mass is 32.2. The molecule has 0 fully saturated rings. The Labute approximate surface area is 180 Å². The van der Waals surface area contributed by atoms with Crippen LogP contribution in [0.2, 0.25) is 0 Å². The number of ether oxygens (including phenoxy) is 1. The number of rotatable bonds is 7. The molecule has 30 heavy (non-hydrogen) atoms. The fraction of sp³-hybridized carbons (Fsp3) is 0.435. The lowest BCUT2D eigenvalue weighted by molar-refractivity contribution is 0.129. The van der Waals surface area contributed by atoms with Gasteiger partial charge in [0, 0.05) is 24.9 Å². The van der Waals surface area contributed by atoms with Crippen molar-refractivity contribution in [3.63, 3.8) is 0 Å². The van der Waals surface area contributed by atoms with Gasteiger partial charge < -0.3 is 15.4 Å². The van der Waals surface area contributed by atoms with E-state index < -0.39 is 9.84 Å². The van der Waals surface area contributed by atoms with Crippen molar-refractivity contribution < 1.29 is 13.2 Å². The molecule has 0 spiro atoms. The summed E-state index contributed by atoms with van der Waals surface area (Å²) >= 11 is 0. The lowest BCUT2D eigenvalue weighted by Gasteiger charge is -2.23. The number of para-hydroxylation sites is 1. The van der Waals surface area contributed by atoms with Gasteiger partial charge in [-0.1, -0.05) is 30.3 Å². The first kappa shape index (κ1) is 23.7. The molecule has 0 saturated heterocycles. The van der Waals surface area contributed by atoms with Gasteiger partial charge in [0.1, 0.15) is 11.4 Å². The zero-order chi connectivity index (χ0) is 22.4. The molecule has 0 aliphatic rings. The predicted octanol–water partition coefficient (Wildman–Crippen LogP) is 3.83. The molecule has 6 nitrogen and oxygen atoms in total. The molecular formula is C23H33N3O3S. The molecule has 0 radical (unpaired) electrons. The Morgan fingerprint density at radius 2 is 1.80 bits per heavy atom. The van der Waals surface area contributed by atoms with Crippen LogP contribution >= 0.6 is 0 Å². The zero-order valence-electron chi connectivity index (χ0n) is 18.7. The number of guanidine groups is 1. The first-order valence-corrected chi connectivity index (χ1v) is 12.0. The number of benzene rings is 2. The van der Waals surface area contributed by atoms with Crippen LogP contribution in [-0.4, -0.2) is 32.8 Å². The molecule has 2 rings (SSSR count). The molecule has 0 amide bonds. The van der Waals surface area contributed by atoms with Crippen molar-refractivity contribution in [1.29, 1.82) is 0 Å². The van der Waals surface area contributed by atoms with Crippen molar-refractivity contribution in [2.75, 3.05) is 12.8 Å². The summed E-state index contributed by atoms with van der Waals surface area (Å²) in [4.78, 5) is 5.00. The van der Waals surface area contributed by atoms with E-state index in [9.17, 15) is 8.42 Å². The fourth-order valence-electron chi connectivity index (χ4n) is 3.00. The molecule has 0 unspecified atom stereocenters. The lowest BCUT2D eigenvalue weighted by atomic mass is 10.1. The SMILES string of the molecule is CCNC(=NCc1ccc(S(C)(=O)=O)c(C)c1)NCc1ccccc1OC(C)(C)C. The normalized spacial score (nSPS) is 12.5. The molecule has 2 N–H and O–H groups in total. The Kier molecular flexibility index (Phi) is 7.89. The second-order valence-corrected chi connectivity index (χ2v) is 10.2. The van der Waals surface area contributed by atoms with Crippen molar-refractivity contribution in [3.05, 3.63) is 59.2 Å². The third-order valence-corrected chi connectivity index (χ3v) is 5.49. The molecular weight excluding hydrogens is 398 g/mol. The number of sulfone groups is 1. The van der Waals surface area contributed by atoms with Gasteiger partial charge in [-0.05, 0) is 57.9 Å². The predicted molar refractivity (Wildman–Crippen MR) is 123 cm³/mol. The fourth-order valence-corrected chi connectivity index (χ4v) is 3.96. The average molecular weight is 432 g/mol. The number of hydrogen-bond acceptors (Lipinski definition) is 4. The topological polar surface area (TPSA) is 79.8 Å². The minimum Gasteiger partial charge on any atom is -0.488 e. The van der Waals surface area contributed by atoms with E-state index in [0.717, 1.165) is 29.0 Å². The highest BCUT2D eigenvalue weighted by Gasteiger charge is 2.14. The highest BCUT2D eigenvalue weighted by molar-refractivity contribution is 7.90. The van der Waals surface area contributed by atoms with Crippen LogP contribution in [0.3, 0.4) is 0 Å². The van der Waals surface area contributed by atoms with E-state index >= 15 is 0 Å². The highest BCUT2D eigenvalue weighted by Crippen LogP contribution is 2.23. The average Bonchev–Trinajstić information content (AvgIpc) is 2.63. The van der Waals surface area contributed by atoms with Crippen LogP contribution in [0.15, 0.2) is 52.4 Å². The van der Waals surface area contributed by atoms with Crippen molar-refractivity contribution in [2.24, 2.45) is 4.99 Å². The van der Waals surface area contributed by atoms with Crippen molar-refractivity contribution in [2.45, 2.75) is 58.2 Å². The van der Waals surface area contributed by atoms with Gasteiger partial charge in [-0.25, -0.2) is 13.4 Å². The molecule has 0 aliphatic carbocycles. The van der Waals surface area contributed by atoms with Crippen LogP contribution in [0, 0.1) is 6.92 Å². The zero-order valence-corrected chi connectivity index (χ0v) is 19.6. The molecule has 0 aliphatic heterocycles. The van der Waals surface area contributed by atoms with Crippen LogP contribution < -0.4 is 15.4 Å². The van der Waals surface area contributed by atoms with E-state index in [0.29, 0.717) is 23.9 Å². The third-order valence-electron chi connectivity index (χ3n) is 4.24. The minimum atomic E-state index is -3.22. The van der Waals surface area contributed by atoms with E-state index in [1.54, 1.807) is 13.0 Å². The molecule has 0 bridgehead atoms. The summed E-state index contributed by atoms with van der Waals surface area (Å²) in [7, 11) is -3.22. The van der Waals surface area contributed by atoms with Gasteiger partial charge in [-0.15, -0.1) is 0 Å². The maximum Gasteiger partial charge on any atom is 0.191 e. The first-order valence-electron chi connectivity index (χ1n) is 10.1. The summed E-state index contributed by atoms with van der Waals surface area (Å²) in [6.45, 7) is 11.7. The van der Waals surface area contributed by atoms with Crippen LogP contribution in [0.5, 0.6) is 5.75 Å². The summed E-state index contributed by atoms with van der Waals surface area (Å²) in [5.74, 6) is 1.54. The largest absolute Gasteiger partial charge is 0.488 e. The van der Waals surface area contributed by atoms with Gasteiger partial charge in [0.25, 0.3) is 0 Å². The van der Waals surface area contributed by atoms with E-state index in [2.05, 4.69) is 15.6 Å². The van der Waals surface area contributed by atoms with Crippen LogP contribution in [0.25, 0.3) is 0 Å². The van der Waals surface area contributed by atoms with E-state index in [1.165, 1.54) is 6.26 Å². The molecule has 0 saturated carbocycles. The van der Waals surface area contributed by atoms with Gasteiger partial charge in [-0.3, -0.25) is 0 Å². The molecule has 2 aromatic carbocycles. The first-order chi connectivity index (χ1) is 14.0. The van der Waals surface area contributed by atoms with Gasteiger partial charge >= 0.3 is 0 Å². The number of nitrogens with zero attached hydrogens (tertiary/aromatic N) is 1. The molecule has 0 heterocycles. The molecule has 164 valence electrons. The Balaban J connectivity index is 2.12. The smallest absolute Gasteiger partial charge is 0.191 e. The maximum absolute atomic E-state index is 11.8. The Morgan fingerprint density at radius 1 is 1.10 bits per heavy atom. The van der Waals surface area contributed by atoms with Gasteiger partial charge in [0.2, 0.25) is 0 Å². The summed E-state index contributed by atoms with van der Waals surface area (Å²) < 4.78 is 29.6. The van der Waals surface area contributed by atoms with E-state index in [1.807, 2.05) is 64.1 Å². The van der Waals surface area contributed by atoms with Crippen molar-refractivity contribution >= 4 is 15.8 Å². The summed E-state index contributed by atoms with van der Waals surface area (Å²) in [6, 6.07) is 13.3. The standard InChI is InChI=1S/C23H33N3O3S/c1-7-24-22(25-15-18-12-13-21(17(2)14-18)30(6,27)28)26-16-19-10-8-9-11-20(19)29-23(3,4)5/h8-14H,7,15-16H2,1-6H3,(H2,24,25,26). The van der Waals surface area contributed by atoms with Crippen molar-refractivity contribution in [3.8, 4) is 5.75 Å². The van der Waals surface area contributed by atoms with E-state index in [4.69, 9.17) is 4.74 Å². The molecule has 7 heteroatoms. The summed E-state index contributed by atoms with van der Waals surface area (Å²) in [5, 5.41) is 6.59. The Bertz CT molecular complexity index is 993. The quantitative estimate of drug-likeness (QED) is 0.514. The second-order valence-electron chi connectivity index (χ2n) is 8.24. The molecule has 0 aromatic heterocycles. The lowest BCUT2D eigenvalue weighted by Crippen LogP contribution is -2.37.